The molecular formula is C14H11N2. The van der Waals surface area contributed by atoms with Gasteiger partial charge in [-0.2, -0.15) is 0 Å². The van der Waals surface area contributed by atoms with Crippen LogP contribution in [0.15, 0.2) is 54.9 Å². The Balaban J connectivity index is 2.01. The average molecular weight is 207 g/mol. The number of aromatic nitrogens is 2. The van der Waals surface area contributed by atoms with Crippen LogP contribution < -0.4 is 0 Å². The molecule has 3 rings (SSSR count). The van der Waals surface area contributed by atoms with Gasteiger partial charge in [-0.05, 0) is 36.4 Å². The van der Waals surface area contributed by atoms with Crippen LogP contribution in [0.3, 0.4) is 0 Å². The number of pyridine rings is 1. The summed E-state index contributed by atoms with van der Waals surface area (Å²) in [6.07, 6.45) is 3.92. The third-order valence-electron chi connectivity index (χ3n) is 2.67. The highest BCUT2D eigenvalue weighted by Crippen LogP contribution is 2.15. The van der Waals surface area contributed by atoms with Crippen LogP contribution in [0.25, 0.3) is 10.9 Å². The van der Waals surface area contributed by atoms with Gasteiger partial charge in [0.2, 0.25) is 0 Å². The molecule has 1 aromatic carbocycles. The van der Waals surface area contributed by atoms with Crippen LogP contribution in [0.1, 0.15) is 5.69 Å². The number of fused-ring (bicyclic) bond motifs is 1. The molecule has 0 amide bonds. The fourth-order valence-electron chi connectivity index (χ4n) is 1.88. The van der Waals surface area contributed by atoms with Gasteiger partial charge in [-0.1, -0.05) is 12.1 Å². The molecule has 0 fully saturated rings. The number of nitrogens with zero attached hydrogens (tertiary/aromatic N) is 2. The Hall–Kier alpha value is -2.09. The molecule has 2 heterocycles. The van der Waals surface area contributed by atoms with Crippen molar-refractivity contribution in [1.82, 2.24) is 9.55 Å². The molecular weight excluding hydrogens is 196 g/mol. The SMILES string of the molecule is [c]1ccc2c(c1)ccn2Cc1ccccn1. The summed E-state index contributed by atoms with van der Waals surface area (Å²) in [5.74, 6) is 0. The predicted molar refractivity (Wildman–Crippen MR) is 64.1 cm³/mol. The molecule has 16 heavy (non-hydrogen) atoms. The standard InChI is InChI=1S/C14H11N2/c1-2-7-14-12(5-1)8-10-16(14)11-13-6-3-4-9-15-13/h2-10H,11H2. The minimum absolute atomic E-state index is 0.814. The van der Waals surface area contributed by atoms with E-state index in [-0.39, 0.29) is 0 Å². The van der Waals surface area contributed by atoms with E-state index in [2.05, 4.69) is 33.9 Å². The topological polar surface area (TPSA) is 17.8 Å². The van der Waals surface area contributed by atoms with Crippen molar-refractivity contribution in [2.24, 2.45) is 0 Å². The van der Waals surface area contributed by atoms with Gasteiger partial charge < -0.3 is 4.57 Å². The number of benzene rings is 1. The molecule has 0 bridgehead atoms. The molecule has 0 unspecified atom stereocenters. The Morgan fingerprint density at radius 2 is 2.19 bits per heavy atom. The molecule has 2 nitrogen and oxygen atoms in total. The van der Waals surface area contributed by atoms with Crippen molar-refractivity contribution in [3.63, 3.8) is 0 Å². The van der Waals surface area contributed by atoms with Crippen molar-refractivity contribution in [2.45, 2.75) is 6.54 Å². The summed E-state index contributed by atoms with van der Waals surface area (Å²) in [6, 6.07) is 17.2. The molecule has 77 valence electrons. The third-order valence-corrected chi connectivity index (χ3v) is 2.67. The van der Waals surface area contributed by atoms with E-state index in [0.29, 0.717) is 0 Å². The minimum Gasteiger partial charge on any atom is -0.341 e. The van der Waals surface area contributed by atoms with Gasteiger partial charge in [-0.3, -0.25) is 4.98 Å². The molecule has 1 radical (unpaired) electrons. The Morgan fingerprint density at radius 3 is 3.06 bits per heavy atom. The second kappa shape index (κ2) is 3.81. The van der Waals surface area contributed by atoms with Crippen LogP contribution in [0.4, 0.5) is 0 Å². The molecule has 0 spiro atoms. The van der Waals surface area contributed by atoms with Gasteiger partial charge in [-0.25, -0.2) is 0 Å². The quantitative estimate of drug-likeness (QED) is 0.631. The van der Waals surface area contributed by atoms with E-state index >= 15 is 0 Å². The molecule has 0 aliphatic rings. The van der Waals surface area contributed by atoms with Gasteiger partial charge in [0.05, 0.1) is 12.2 Å². The molecule has 0 saturated heterocycles. The van der Waals surface area contributed by atoms with E-state index in [4.69, 9.17) is 0 Å². The van der Waals surface area contributed by atoms with Crippen LogP contribution in [0.2, 0.25) is 0 Å². The molecule has 0 atom stereocenters. The number of hydrogen-bond donors (Lipinski definition) is 0. The van der Waals surface area contributed by atoms with Crippen LogP contribution in [0, 0.1) is 6.07 Å². The molecule has 0 aliphatic carbocycles. The number of rotatable bonds is 2. The van der Waals surface area contributed by atoms with Gasteiger partial charge in [-0.15, -0.1) is 0 Å². The van der Waals surface area contributed by atoms with Crippen LogP contribution >= 0.6 is 0 Å². The van der Waals surface area contributed by atoms with Crippen molar-refractivity contribution in [3.8, 4) is 0 Å². The highest BCUT2D eigenvalue weighted by molar-refractivity contribution is 5.79. The normalized spacial score (nSPS) is 10.8. The second-order valence-electron chi connectivity index (χ2n) is 3.75. The van der Waals surface area contributed by atoms with E-state index < -0.39 is 0 Å². The van der Waals surface area contributed by atoms with Crippen molar-refractivity contribution < 1.29 is 0 Å². The maximum absolute atomic E-state index is 4.33. The summed E-state index contributed by atoms with van der Waals surface area (Å²) in [7, 11) is 0. The van der Waals surface area contributed by atoms with Gasteiger partial charge in [0.25, 0.3) is 0 Å². The van der Waals surface area contributed by atoms with E-state index in [0.717, 1.165) is 12.2 Å². The Labute approximate surface area is 94.2 Å². The van der Waals surface area contributed by atoms with E-state index in [9.17, 15) is 0 Å². The molecule has 2 aromatic heterocycles. The summed E-state index contributed by atoms with van der Waals surface area (Å²) in [4.78, 5) is 4.33. The van der Waals surface area contributed by atoms with E-state index in [1.54, 1.807) is 0 Å². The second-order valence-corrected chi connectivity index (χ2v) is 3.75. The maximum Gasteiger partial charge on any atom is 0.0648 e. The first-order chi connectivity index (χ1) is 7.93. The zero-order chi connectivity index (χ0) is 10.8. The first-order valence-corrected chi connectivity index (χ1v) is 5.28. The zero-order valence-corrected chi connectivity index (χ0v) is 8.80. The summed E-state index contributed by atoms with van der Waals surface area (Å²) in [5, 5.41) is 1.22. The van der Waals surface area contributed by atoms with Gasteiger partial charge >= 0.3 is 0 Å². The highest BCUT2D eigenvalue weighted by Gasteiger charge is 2.00. The first kappa shape index (κ1) is 9.16. The van der Waals surface area contributed by atoms with Crippen LogP contribution in [-0.2, 0) is 6.54 Å². The highest BCUT2D eigenvalue weighted by atomic mass is 15.0. The Bertz CT molecular complexity index is 596. The lowest BCUT2D eigenvalue weighted by Crippen LogP contribution is -1.99. The third kappa shape index (κ3) is 1.58. The molecule has 0 aliphatic heterocycles. The summed E-state index contributed by atoms with van der Waals surface area (Å²) in [6.45, 7) is 0.814. The lowest BCUT2D eigenvalue weighted by molar-refractivity contribution is 0.807. The van der Waals surface area contributed by atoms with Crippen LogP contribution in [0.5, 0.6) is 0 Å². The van der Waals surface area contributed by atoms with Crippen molar-refractivity contribution >= 4 is 10.9 Å². The van der Waals surface area contributed by atoms with E-state index in [1.807, 2.05) is 36.5 Å². The largest absolute Gasteiger partial charge is 0.341 e. The lowest BCUT2D eigenvalue weighted by atomic mass is 10.2. The smallest absolute Gasteiger partial charge is 0.0648 e. The van der Waals surface area contributed by atoms with Crippen molar-refractivity contribution in [1.29, 1.82) is 0 Å². The summed E-state index contributed by atoms with van der Waals surface area (Å²) in [5.41, 5.74) is 2.30. The maximum atomic E-state index is 4.33. The number of hydrogen-bond acceptors (Lipinski definition) is 1. The summed E-state index contributed by atoms with van der Waals surface area (Å²) >= 11 is 0. The van der Waals surface area contributed by atoms with Gasteiger partial charge in [0.15, 0.2) is 0 Å². The van der Waals surface area contributed by atoms with Gasteiger partial charge in [0.1, 0.15) is 0 Å². The molecule has 0 N–H and O–H groups in total. The van der Waals surface area contributed by atoms with Crippen molar-refractivity contribution in [3.05, 3.63) is 66.6 Å². The Kier molecular flexibility index (Phi) is 2.18. The van der Waals surface area contributed by atoms with Crippen molar-refractivity contribution in [2.75, 3.05) is 0 Å². The fraction of sp³-hybridized carbons (Fsp3) is 0.0714. The summed E-state index contributed by atoms with van der Waals surface area (Å²) < 4.78 is 2.20. The molecule has 2 heteroatoms. The molecule has 3 aromatic rings. The van der Waals surface area contributed by atoms with Gasteiger partial charge in [0, 0.05) is 23.3 Å². The zero-order valence-electron chi connectivity index (χ0n) is 8.80. The van der Waals surface area contributed by atoms with E-state index in [1.165, 1.54) is 10.9 Å². The Morgan fingerprint density at radius 1 is 1.19 bits per heavy atom. The molecule has 0 saturated carbocycles. The lowest BCUT2D eigenvalue weighted by Gasteiger charge is -2.04. The minimum atomic E-state index is 0.814. The van der Waals surface area contributed by atoms with Crippen LogP contribution in [-0.4, -0.2) is 9.55 Å². The first-order valence-electron chi connectivity index (χ1n) is 5.28. The monoisotopic (exact) mass is 207 g/mol. The average Bonchev–Trinajstić information content (AvgIpc) is 2.74. The fourth-order valence-corrected chi connectivity index (χ4v) is 1.88. The predicted octanol–water partition coefficient (Wildman–Crippen LogP) is 2.88.